The lowest BCUT2D eigenvalue weighted by atomic mass is 9.54. The molecule has 148 valence electrons. The normalized spacial score (nSPS) is 37.9. The van der Waals surface area contributed by atoms with Crippen molar-refractivity contribution < 1.29 is 4.79 Å². The molecule has 5 fully saturated rings. The van der Waals surface area contributed by atoms with Gasteiger partial charge in [0, 0.05) is 12.1 Å². The van der Waals surface area contributed by atoms with Crippen molar-refractivity contribution in [2.24, 2.45) is 23.7 Å². The molecule has 1 saturated heterocycles. The van der Waals surface area contributed by atoms with Gasteiger partial charge in [0.15, 0.2) is 0 Å². The lowest BCUT2D eigenvalue weighted by Gasteiger charge is -2.54. The molecule has 1 atom stereocenters. The molecule has 0 spiro atoms. The largest absolute Gasteiger partial charge is 0.352 e. The summed E-state index contributed by atoms with van der Waals surface area (Å²) in [6.45, 7) is 6.36. The van der Waals surface area contributed by atoms with Crippen LogP contribution in [0.1, 0.15) is 56.6 Å². The van der Waals surface area contributed by atoms with Crippen LogP contribution >= 0.6 is 0 Å². The molecule has 5 aliphatic rings. The molecule has 0 radical (unpaired) electrons. The van der Waals surface area contributed by atoms with Crippen molar-refractivity contribution in [2.75, 3.05) is 13.1 Å². The zero-order chi connectivity index (χ0) is 18.5. The molecular weight excluding hydrogens is 338 g/mol. The number of carbonyl (C=O) groups excluding carboxylic acids is 1. The van der Waals surface area contributed by atoms with E-state index in [9.17, 15) is 4.79 Å². The Kier molecular flexibility index (Phi) is 4.49. The van der Waals surface area contributed by atoms with E-state index >= 15 is 0 Å². The van der Waals surface area contributed by atoms with Crippen molar-refractivity contribution in [1.82, 2.24) is 25.0 Å². The maximum absolute atomic E-state index is 12.9. The van der Waals surface area contributed by atoms with Gasteiger partial charge >= 0.3 is 0 Å². The van der Waals surface area contributed by atoms with E-state index < -0.39 is 0 Å². The number of nitrogens with zero attached hydrogens (tertiary/aromatic N) is 4. The van der Waals surface area contributed by atoms with Crippen LogP contribution in [-0.4, -0.2) is 50.7 Å². The summed E-state index contributed by atoms with van der Waals surface area (Å²) in [4.78, 5) is 19.6. The van der Waals surface area contributed by atoms with Crippen LogP contribution in [0.5, 0.6) is 0 Å². The highest BCUT2D eigenvalue weighted by molar-refractivity contribution is 5.78. The van der Waals surface area contributed by atoms with Crippen molar-refractivity contribution in [1.29, 1.82) is 0 Å². The average molecular weight is 372 g/mol. The van der Waals surface area contributed by atoms with Gasteiger partial charge in [0.1, 0.15) is 11.6 Å². The van der Waals surface area contributed by atoms with Crippen LogP contribution in [0.25, 0.3) is 0 Å². The first-order chi connectivity index (χ1) is 13.0. The third-order valence-electron chi connectivity index (χ3n) is 7.75. The van der Waals surface area contributed by atoms with Gasteiger partial charge < -0.3 is 5.32 Å². The highest BCUT2D eigenvalue weighted by Crippen LogP contribution is 2.53. The van der Waals surface area contributed by atoms with Crippen molar-refractivity contribution >= 4 is 5.91 Å². The molecular formula is C21H33N5O. The minimum atomic E-state index is 0.242. The number of hydrogen-bond acceptors (Lipinski definition) is 4. The fourth-order valence-corrected chi connectivity index (χ4v) is 6.82. The summed E-state index contributed by atoms with van der Waals surface area (Å²) in [6.07, 6.45) is 9.20. The molecule has 6 heteroatoms. The summed E-state index contributed by atoms with van der Waals surface area (Å²) in [6, 6.07) is 0.848. The van der Waals surface area contributed by atoms with Gasteiger partial charge in [0.2, 0.25) is 5.91 Å². The molecule has 1 amide bonds. The molecule has 27 heavy (non-hydrogen) atoms. The predicted octanol–water partition coefficient (Wildman–Crippen LogP) is 2.30. The van der Waals surface area contributed by atoms with Crippen molar-refractivity contribution in [3.8, 4) is 0 Å². The molecule has 6 nitrogen and oxygen atoms in total. The van der Waals surface area contributed by atoms with Crippen LogP contribution in [0.2, 0.25) is 0 Å². The summed E-state index contributed by atoms with van der Waals surface area (Å²) in [5.41, 5.74) is 0. The number of carbonyl (C=O) groups is 1. The molecule has 2 heterocycles. The van der Waals surface area contributed by atoms with Crippen molar-refractivity contribution in [2.45, 2.75) is 77.4 Å². The van der Waals surface area contributed by atoms with E-state index in [2.05, 4.69) is 20.3 Å². The highest BCUT2D eigenvalue weighted by Gasteiger charge is 2.48. The summed E-state index contributed by atoms with van der Waals surface area (Å²) in [5, 5.41) is 7.98. The van der Waals surface area contributed by atoms with Crippen LogP contribution < -0.4 is 5.32 Å². The van der Waals surface area contributed by atoms with Gasteiger partial charge in [-0.2, -0.15) is 5.10 Å². The Morgan fingerprint density at radius 3 is 2.44 bits per heavy atom. The van der Waals surface area contributed by atoms with Crippen LogP contribution in [0.15, 0.2) is 0 Å². The summed E-state index contributed by atoms with van der Waals surface area (Å²) in [7, 11) is 0. The smallest absolute Gasteiger partial charge is 0.234 e. The Hall–Kier alpha value is -1.43. The molecule has 1 aromatic rings. The SMILES string of the molecule is Cc1nc(C)n(C[C@@H]2CCCN2CC(=O)NC2C3CC4CC(C3)CC2C4)n1. The zero-order valence-electron chi connectivity index (χ0n) is 16.7. The van der Waals surface area contributed by atoms with Crippen molar-refractivity contribution in [3.63, 3.8) is 0 Å². The molecule has 0 aromatic carbocycles. The fourth-order valence-electron chi connectivity index (χ4n) is 6.82. The topological polar surface area (TPSA) is 63.1 Å². The van der Waals surface area contributed by atoms with E-state index in [1.54, 1.807) is 0 Å². The minimum absolute atomic E-state index is 0.242. The summed E-state index contributed by atoms with van der Waals surface area (Å²) < 4.78 is 2.01. The van der Waals surface area contributed by atoms with Gasteiger partial charge in [-0.25, -0.2) is 9.67 Å². The van der Waals surface area contributed by atoms with Gasteiger partial charge in [-0.05, 0) is 89.0 Å². The van der Waals surface area contributed by atoms with E-state index in [0.717, 1.165) is 54.8 Å². The van der Waals surface area contributed by atoms with Gasteiger partial charge in [-0.1, -0.05) is 0 Å². The number of aryl methyl sites for hydroxylation is 2. The molecule has 1 aromatic heterocycles. The molecule has 0 unspecified atom stereocenters. The molecule has 4 bridgehead atoms. The Balaban J connectivity index is 1.18. The maximum atomic E-state index is 12.9. The zero-order valence-corrected chi connectivity index (χ0v) is 16.7. The summed E-state index contributed by atoms with van der Waals surface area (Å²) in [5.74, 6) is 5.46. The average Bonchev–Trinajstić information content (AvgIpc) is 3.16. The van der Waals surface area contributed by atoms with Gasteiger partial charge in [0.05, 0.1) is 13.1 Å². The van der Waals surface area contributed by atoms with Crippen LogP contribution in [0.4, 0.5) is 0 Å². The Morgan fingerprint density at radius 2 is 1.81 bits per heavy atom. The number of likely N-dealkylation sites (tertiary alicyclic amines) is 1. The lowest BCUT2D eigenvalue weighted by Crippen LogP contribution is -2.57. The summed E-state index contributed by atoms with van der Waals surface area (Å²) >= 11 is 0. The quantitative estimate of drug-likeness (QED) is 0.863. The molecule has 6 rings (SSSR count). The Morgan fingerprint density at radius 1 is 1.11 bits per heavy atom. The number of rotatable bonds is 5. The van der Waals surface area contributed by atoms with Gasteiger partial charge in [0.25, 0.3) is 0 Å². The Bertz CT molecular complexity index is 685. The second kappa shape index (κ2) is 6.87. The minimum Gasteiger partial charge on any atom is -0.352 e. The number of hydrogen-bond donors (Lipinski definition) is 1. The number of amides is 1. The standard InChI is InChI=1S/C21H33N5O/c1-13-22-14(2)26(24-13)11-19-4-3-5-25(19)12-20(27)23-21-17-7-15-6-16(9-17)10-18(21)8-15/h15-19,21H,3-12H2,1-2H3,(H,23,27)/t15?,16?,17?,18?,19-,21?/m0/s1. The monoisotopic (exact) mass is 371 g/mol. The third kappa shape index (κ3) is 3.41. The first kappa shape index (κ1) is 17.7. The van der Waals surface area contributed by atoms with Crippen LogP contribution in [-0.2, 0) is 11.3 Å². The molecule has 1 N–H and O–H groups in total. The highest BCUT2D eigenvalue weighted by atomic mass is 16.2. The van der Waals surface area contributed by atoms with Crippen LogP contribution in [0, 0.1) is 37.5 Å². The second-order valence-electron chi connectivity index (χ2n) is 9.68. The van der Waals surface area contributed by atoms with E-state index in [0.29, 0.717) is 18.6 Å². The van der Waals surface area contributed by atoms with E-state index in [1.807, 2.05) is 18.5 Å². The first-order valence-electron chi connectivity index (χ1n) is 11.0. The van der Waals surface area contributed by atoms with Crippen LogP contribution in [0.3, 0.4) is 0 Å². The van der Waals surface area contributed by atoms with E-state index in [4.69, 9.17) is 0 Å². The van der Waals surface area contributed by atoms with Gasteiger partial charge in [-0.15, -0.1) is 0 Å². The Labute approximate surface area is 162 Å². The molecule has 4 saturated carbocycles. The van der Waals surface area contributed by atoms with Crippen molar-refractivity contribution in [3.05, 3.63) is 11.6 Å². The predicted molar refractivity (Wildman–Crippen MR) is 103 cm³/mol. The second-order valence-corrected chi connectivity index (χ2v) is 9.68. The third-order valence-corrected chi connectivity index (χ3v) is 7.75. The molecule has 4 aliphatic carbocycles. The molecule has 1 aliphatic heterocycles. The maximum Gasteiger partial charge on any atom is 0.234 e. The number of aromatic nitrogens is 3. The van der Waals surface area contributed by atoms with E-state index in [1.165, 1.54) is 38.5 Å². The number of nitrogens with one attached hydrogen (secondary N) is 1. The first-order valence-corrected chi connectivity index (χ1v) is 11.0. The lowest BCUT2D eigenvalue weighted by molar-refractivity contribution is -0.126. The fraction of sp³-hybridized carbons (Fsp3) is 0.857. The van der Waals surface area contributed by atoms with Gasteiger partial charge in [-0.3, -0.25) is 9.69 Å². The van der Waals surface area contributed by atoms with E-state index in [-0.39, 0.29) is 5.91 Å².